The maximum atomic E-state index is 12.4. The minimum atomic E-state index is -3.80. The number of anilines is 1. The van der Waals surface area contributed by atoms with Crippen molar-refractivity contribution in [1.82, 2.24) is 4.72 Å². The molecule has 0 saturated heterocycles. The molecule has 0 spiro atoms. The number of methoxy groups -OCH3 is 1. The highest BCUT2D eigenvalue weighted by Crippen LogP contribution is 2.31. The zero-order valence-corrected chi connectivity index (χ0v) is 18.0. The average Bonchev–Trinajstić information content (AvgIpc) is 3.31. The van der Waals surface area contributed by atoms with E-state index in [9.17, 15) is 18.0 Å². The van der Waals surface area contributed by atoms with Gasteiger partial charge in [-0.2, -0.15) is 0 Å². The topological polar surface area (TPSA) is 111 Å². The van der Waals surface area contributed by atoms with Gasteiger partial charge < -0.3 is 14.8 Å². The molecule has 1 aromatic carbocycles. The number of carbonyl (C=O) groups is 2. The second kappa shape index (κ2) is 8.70. The molecule has 2 aromatic rings. The van der Waals surface area contributed by atoms with Gasteiger partial charge in [-0.3, -0.25) is 4.79 Å². The molecule has 0 unspecified atom stereocenters. The first-order chi connectivity index (χ1) is 13.7. The Hall–Kier alpha value is -2.14. The number of hydrogen-bond donors (Lipinski definition) is 2. The van der Waals surface area contributed by atoms with Gasteiger partial charge in [-0.1, -0.05) is 11.6 Å². The molecule has 0 atom stereocenters. The fraction of sp³-hybridized carbons (Fsp3) is 0.333. The molecule has 29 heavy (non-hydrogen) atoms. The normalized spacial score (nSPS) is 13.8. The van der Waals surface area contributed by atoms with Gasteiger partial charge in [-0.05, 0) is 42.8 Å². The molecular formula is C18H19ClN2O6S2. The lowest BCUT2D eigenvalue weighted by Crippen LogP contribution is -2.27. The first-order valence-corrected chi connectivity index (χ1v) is 11.4. The van der Waals surface area contributed by atoms with Crippen LogP contribution in [-0.4, -0.2) is 40.1 Å². The summed E-state index contributed by atoms with van der Waals surface area (Å²) in [5.74, 6) is -1.13. The van der Waals surface area contributed by atoms with Gasteiger partial charge >= 0.3 is 5.97 Å². The van der Waals surface area contributed by atoms with Crippen LogP contribution in [0, 0.1) is 6.92 Å². The van der Waals surface area contributed by atoms with Gasteiger partial charge in [0.2, 0.25) is 10.0 Å². The molecule has 1 aliphatic carbocycles. The summed E-state index contributed by atoms with van der Waals surface area (Å²) in [5.41, 5.74) is 1.11. The summed E-state index contributed by atoms with van der Waals surface area (Å²) in [4.78, 5) is 24.3. The maximum absolute atomic E-state index is 12.4. The van der Waals surface area contributed by atoms with Crippen LogP contribution in [0.15, 0.2) is 28.5 Å². The molecule has 0 bridgehead atoms. The Balaban J connectivity index is 1.64. The number of ether oxygens (including phenoxy) is 2. The lowest BCUT2D eigenvalue weighted by atomic mass is 10.2. The summed E-state index contributed by atoms with van der Waals surface area (Å²) in [6, 6.07) is 4.45. The number of halogens is 1. The number of esters is 1. The number of thiophene rings is 1. The van der Waals surface area contributed by atoms with Crippen LogP contribution in [-0.2, 0) is 19.6 Å². The van der Waals surface area contributed by atoms with E-state index in [-0.39, 0.29) is 15.8 Å². The molecule has 1 heterocycles. The quantitative estimate of drug-likeness (QED) is 0.588. The molecule has 156 valence electrons. The van der Waals surface area contributed by atoms with Crippen LogP contribution >= 0.6 is 22.9 Å². The Kier molecular flexibility index (Phi) is 6.47. The maximum Gasteiger partial charge on any atom is 0.350 e. The van der Waals surface area contributed by atoms with Crippen molar-refractivity contribution in [3.05, 3.63) is 39.0 Å². The Bertz CT molecular complexity index is 1050. The van der Waals surface area contributed by atoms with Gasteiger partial charge in [0, 0.05) is 17.1 Å². The number of nitrogens with one attached hydrogen (secondary N) is 2. The largest absolute Gasteiger partial charge is 0.495 e. The van der Waals surface area contributed by atoms with Crippen LogP contribution in [0.5, 0.6) is 5.75 Å². The highest BCUT2D eigenvalue weighted by Gasteiger charge is 2.31. The number of benzene rings is 1. The van der Waals surface area contributed by atoms with Gasteiger partial charge in [0.25, 0.3) is 5.91 Å². The van der Waals surface area contributed by atoms with E-state index in [1.807, 2.05) is 0 Å². The zero-order chi connectivity index (χ0) is 21.2. The van der Waals surface area contributed by atoms with E-state index >= 15 is 0 Å². The van der Waals surface area contributed by atoms with Crippen molar-refractivity contribution in [2.24, 2.45) is 0 Å². The van der Waals surface area contributed by atoms with Crippen molar-refractivity contribution >= 4 is 50.5 Å². The molecular weight excluding hydrogens is 440 g/mol. The van der Waals surface area contributed by atoms with Crippen LogP contribution in [0.3, 0.4) is 0 Å². The second-order valence-electron chi connectivity index (χ2n) is 6.44. The fourth-order valence-electron chi connectivity index (χ4n) is 2.45. The minimum Gasteiger partial charge on any atom is -0.495 e. The summed E-state index contributed by atoms with van der Waals surface area (Å²) in [5, 5.41) is 4.55. The highest BCUT2D eigenvalue weighted by molar-refractivity contribution is 7.89. The summed E-state index contributed by atoms with van der Waals surface area (Å²) in [7, 11) is -2.37. The third-order valence-electron chi connectivity index (χ3n) is 4.09. The van der Waals surface area contributed by atoms with Gasteiger partial charge in [0.1, 0.15) is 15.5 Å². The first kappa shape index (κ1) is 21.6. The van der Waals surface area contributed by atoms with E-state index < -0.39 is 28.5 Å². The van der Waals surface area contributed by atoms with Crippen LogP contribution in [0.1, 0.15) is 28.1 Å². The van der Waals surface area contributed by atoms with Crippen molar-refractivity contribution in [3.63, 3.8) is 0 Å². The predicted octanol–water partition coefficient (Wildman–Crippen LogP) is 2.95. The number of sulfonamides is 1. The van der Waals surface area contributed by atoms with E-state index in [1.165, 1.54) is 18.6 Å². The van der Waals surface area contributed by atoms with Crippen LogP contribution in [0.4, 0.5) is 5.69 Å². The molecule has 1 aromatic heterocycles. The van der Waals surface area contributed by atoms with Crippen molar-refractivity contribution in [1.29, 1.82) is 0 Å². The molecule has 1 aliphatic rings. The Morgan fingerprint density at radius 1 is 1.31 bits per heavy atom. The number of amides is 1. The van der Waals surface area contributed by atoms with E-state index in [2.05, 4.69) is 10.0 Å². The van der Waals surface area contributed by atoms with Crippen molar-refractivity contribution < 1.29 is 27.5 Å². The lowest BCUT2D eigenvalue weighted by Gasteiger charge is -2.12. The SMILES string of the molecule is COc1cc(Cl)c(C)cc1NC(=O)COC(=O)c1sccc1S(=O)(=O)NC1CC1. The summed E-state index contributed by atoms with van der Waals surface area (Å²) < 4.78 is 37.4. The second-order valence-corrected chi connectivity index (χ2v) is 9.44. The van der Waals surface area contributed by atoms with Crippen LogP contribution < -0.4 is 14.8 Å². The molecule has 0 radical (unpaired) electrons. The van der Waals surface area contributed by atoms with E-state index in [0.29, 0.717) is 16.5 Å². The summed E-state index contributed by atoms with van der Waals surface area (Å²) in [6.07, 6.45) is 1.55. The number of carbonyl (C=O) groups excluding carboxylic acids is 2. The Morgan fingerprint density at radius 2 is 2.03 bits per heavy atom. The van der Waals surface area contributed by atoms with Crippen molar-refractivity contribution in [3.8, 4) is 5.75 Å². The monoisotopic (exact) mass is 458 g/mol. The van der Waals surface area contributed by atoms with Crippen molar-refractivity contribution in [2.75, 3.05) is 19.0 Å². The molecule has 3 rings (SSSR count). The molecule has 1 amide bonds. The third-order valence-corrected chi connectivity index (χ3v) is 7.09. The van der Waals surface area contributed by atoms with Gasteiger partial charge in [-0.25, -0.2) is 17.9 Å². The molecule has 11 heteroatoms. The minimum absolute atomic E-state index is 0.0779. The third kappa shape index (κ3) is 5.27. The van der Waals surface area contributed by atoms with E-state index in [0.717, 1.165) is 29.7 Å². The average molecular weight is 459 g/mol. The van der Waals surface area contributed by atoms with Gasteiger partial charge in [0.15, 0.2) is 6.61 Å². The smallest absolute Gasteiger partial charge is 0.350 e. The molecule has 1 saturated carbocycles. The fourth-order valence-corrected chi connectivity index (χ4v) is 5.22. The molecule has 0 aliphatic heterocycles. The molecule has 1 fully saturated rings. The van der Waals surface area contributed by atoms with Gasteiger partial charge in [0.05, 0.1) is 12.8 Å². The standard InChI is InChI=1S/C18H19ClN2O6S2/c1-10-7-13(14(26-2)8-12(10)19)20-16(22)9-27-18(23)17-15(5-6-28-17)29(24,25)21-11-3-4-11/h5-8,11,21H,3-4,9H2,1-2H3,(H,20,22). The van der Waals surface area contributed by atoms with Crippen molar-refractivity contribution in [2.45, 2.75) is 30.7 Å². The molecule has 2 N–H and O–H groups in total. The summed E-state index contributed by atoms with van der Waals surface area (Å²) in [6.45, 7) is 1.18. The van der Waals surface area contributed by atoms with Crippen LogP contribution in [0.2, 0.25) is 5.02 Å². The van der Waals surface area contributed by atoms with E-state index in [1.54, 1.807) is 19.1 Å². The number of aryl methyl sites for hydroxylation is 1. The lowest BCUT2D eigenvalue weighted by molar-refractivity contribution is -0.119. The van der Waals surface area contributed by atoms with Gasteiger partial charge in [-0.15, -0.1) is 11.3 Å². The van der Waals surface area contributed by atoms with E-state index in [4.69, 9.17) is 21.1 Å². The Labute approximate surface area is 177 Å². The van der Waals surface area contributed by atoms with Crippen LogP contribution in [0.25, 0.3) is 0 Å². The number of rotatable bonds is 8. The predicted molar refractivity (Wildman–Crippen MR) is 109 cm³/mol. The highest BCUT2D eigenvalue weighted by atomic mass is 35.5. The Morgan fingerprint density at radius 3 is 2.69 bits per heavy atom. The number of hydrogen-bond acceptors (Lipinski definition) is 7. The zero-order valence-electron chi connectivity index (χ0n) is 15.7. The molecule has 8 nitrogen and oxygen atoms in total. The summed E-state index contributed by atoms with van der Waals surface area (Å²) >= 11 is 6.97. The first-order valence-electron chi connectivity index (χ1n) is 8.62.